The van der Waals surface area contributed by atoms with Gasteiger partial charge in [0, 0.05) is 11.8 Å². The molecule has 1 atom stereocenters. The Labute approximate surface area is 146 Å². The maximum atomic E-state index is 11.9. The fourth-order valence-electron chi connectivity index (χ4n) is 2.43. The number of amides is 2. The second-order valence-corrected chi connectivity index (χ2v) is 5.43. The van der Waals surface area contributed by atoms with Gasteiger partial charge in [-0.2, -0.15) is 0 Å². The van der Waals surface area contributed by atoms with Gasteiger partial charge in [-0.25, -0.2) is 4.79 Å². The van der Waals surface area contributed by atoms with E-state index in [9.17, 15) is 4.79 Å². The van der Waals surface area contributed by atoms with Crippen molar-refractivity contribution < 1.29 is 19.0 Å². The highest BCUT2D eigenvalue weighted by atomic mass is 16.6. The topological polar surface area (TPSA) is 68.8 Å². The van der Waals surface area contributed by atoms with E-state index in [0.717, 1.165) is 17.1 Å². The van der Waals surface area contributed by atoms with E-state index in [1.807, 2.05) is 48.5 Å². The predicted molar refractivity (Wildman–Crippen MR) is 94.9 cm³/mol. The van der Waals surface area contributed by atoms with Gasteiger partial charge in [0.05, 0.1) is 13.7 Å². The summed E-state index contributed by atoms with van der Waals surface area (Å²) in [5, 5.41) is 5.42. The highest BCUT2D eigenvalue weighted by Gasteiger charge is 2.20. The van der Waals surface area contributed by atoms with Crippen molar-refractivity contribution in [1.29, 1.82) is 0 Å². The van der Waals surface area contributed by atoms with Crippen LogP contribution in [0.2, 0.25) is 0 Å². The number of ether oxygens (including phenoxy) is 3. The van der Waals surface area contributed by atoms with Crippen molar-refractivity contribution in [2.45, 2.75) is 6.10 Å². The first-order valence-corrected chi connectivity index (χ1v) is 7.98. The maximum absolute atomic E-state index is 11.9. The number of hydrogen-bond donors (Lipinski definition) is 2. The van der Waals surface area contributed by atoms with Crippen LogP contribution in [0.1, 0.15) is 5.56 Å². The molecule has 6 nitrogen and oxygen atoms in total. The number of urea groups is 1. The van der Waals surface area contributed by atoms with Gasteiger partial charge in [-0.3, -0.25) is 0 Å². The first-order chi connectivity index (χ1) is 12.3. The highest BCUT2D eigenvalue weighted by Crippen LogP contribution is 2.30. The third-order valence-electron chi connectivity index (χ3n) is 3.67. The molecule has 0 spiro atoms. The van der Waals surface area contributed by atoms with Gasteiger partial charge >= 0.3 is 6.03 Å². The van der Waals surface area contributed by atoms with E-state index < -0.39 is 0 Å². The monoisotopic (exact) mass is 340 g/mol. The summed E-state index contributed by atoms with van der Waals surface area (Å²) in [6, 6.07) is 14.7. The summed E-state index contributed by atoms with van der Waals surface area (Å²) in [5.41, 5.74) is 0.880. The third-order valence-corrected chi connectivity index (χ3v) is 3.67. The largest absolute Gasteiger partial charge is 0.496 e. The van der Waals surface area contributed by atoms with Gasteiger partial charge in [-0.1, -0.05) is 30.3 Å². The molecule has 1 aliphatic heterocycles. The smallest absolute Gasteiger partial charge is 0.318 e. The van der Waals surface area contributed by atoms with Crippen LogP contribution in [-0.4, -0.2) is 32.4 Å². The Morgan fingerprint density at radius 2 is 1.96 bits per heavy atom. The molecule has 0 saturated heterocycles. The van der Waals surface area contributed by atoms with Crippen LogP contribution in [0.4, 0.5) is 4.79 Å². The molecule has 0 aliphatic carbocycles. The van der Waals surface area contributed by atoms with E-state index >= 15 is 0 Å². The molecule has 0 bridgehead atoms. The molecule has 0 fully saturated rings. The Balaban J connectivity index is 1.45. The van der Waals surface area contributed by atoms with Crippen molar-refractivity contribution in [2.75, 3.05) is 20.3 Å². The molecule has 1 unspecified atom stereocenters. The molecule has 2 N–H and O–H groups in total. The minimum absolute atomic E-state index is 0.223. The van der Waals surface area contributed by atoms with Crippen LogP contribution in [0.5, 0.6) is 17.2 Å². The summed E-state index contributed by atoms with van der Waals surface area (Å²) < 4.78 is 16.6. The van der Waals surface area contributed by atoms with Crippen LogP contribution >= 0.6 is 0 Å². The molecule has 130 valence electrons. The molecule has 1 aliphatic rings. The van der Waals surface area contributed by atoms with Crippen LogP contribution in [0.3, 0.4) is 0 Å². The zero-order chi connectivity index (χ0) is 17.5. The van der Waals surface area contributed by atoms with Crippen LogP contribution in [0.25, 0.3) is 6.08 Å². The molecule has 2 aromatic carbocycles. The van der Waals surface area contributed by atoms with Crippen molar-refractivity contribution >= 4 is 12.1 Å². The molecule has 3 rings (SSSR count). The zero-order valence-corrected chi connectivity index (χ0v) is 13.9. The maximum Gasteiger partial charge on any atom is 0.318 e. The summed E-state index contributed by atoms with van der Waals surface area (Å²) in [4.78, 5) is 11.9. The van der Waals surface area contributed by atoms with Crippen molar-refractivity contribution in [3.05, 3.63) is 60.3 Å². The molecule has 6 heteroatoms. The number of benzene rings is 2. The summed E-state index contributed by atoms with van der Waals surface area (Å²) in [7, 11) is 1.61. The van der Waals surface area contributed by atoms with Crippen LogP contribution in [0, 0.1) is 0 Å². The Bertz CT molecular complexity index is 761. The number of fused-ring (bicyclic) bond motifs is 1. The highest BCUT2D eigenvalue weighted by molar-refractivity contribution is 5.76. The SMILES string of the molecule is COc1ccccc1/C=C/NC(=O)NCC1COc2ccccc2O1. The first kappa shape index (κ1) is 16.7. The lowest BCUT2D eigenvalue weighted by Crippen LogP contribution is -2.43. The molecular formula is C19H20N2O4. The molecule has 0 radical (unpaired) electrons. The number of hydrogen-bond acceptors (Lipinski definition) is 4. The second kappa shape index (κ2) is 8.10. The number of nitrogens with one attached hydrogen (secondary N) is 2. The number of methoxy groups -OCH3 is 1. The van der Waals surface area contributed by atoms with Crippen molar-refractivity contribution in [1.82, 2.24) is 10.6 Å². The lowest BCUT2D eigenvalue weighted by atomic mass is 10.2. The zero-order valence-electron chi connectivity index (χ0n) is 13.9. The summed E-state index contributed by atoms with van der Waals surface area (Å²) >= 11 is 0. The molecule has 1 heterocycles. The minimum Gasteiger partial charge on any atom is -0.496 e. The van der Waals surface area contributed by atoms with Crippen LogP contribution in [-0.2, 0) is 0 Å². The molecule has 0 saturated carbocycles. The lowest BCUT2D eigenvalue weighted by molar-refractivity contribution is 0.0919. The van der Waals surface area contributed by atoms with E-state index in [2.05, 4.69) is 10.6 Å². The Kier molecular flexibility index (Phi) is 5.41. The van der Waals surface area contributed by atoms with Crippen molar-refractivity contribution in [2.24, 2.45) is 0 Å². The van der Waals surface area contributed by atoms with Crippen LogP contribution in [0.15, 0.2) is 54.7 Å². The molecule has 25 heavy (non-hydrogen) atoms. The average Bonchev–Trinajstić information content (AvgIpc) is 2.66. The second-order valence-electron chi connectivity index (χ2n) is 5.43. The fraction of sp³-hybridized carbons (Fsp3) is 0.211. The average molecular weight is 340 g/mol. The van der Waals surface area contributed by atoms with Gasteiger partial charge in [-0.15, -0.1) is 0 Å². The quantitative estimate of drug-likeness (QED) is 0.878. The van der Waals surface area contributed by atoms with Gasteiger partial charge in [-0.05, 0) is 24.3 Å². The third kappa shape index (κ3) is 4.44. The van der Waals surface area contributed by atoms with Gasteiger partial charge < -0.3 is 24.8 Å². The van der Waals surface area contributed by atoms with E-state index in [1.165, 1.54) is 0 Å². The number of para-hydroxylation sites is 3. The molecule has 0 aromatic heterocycles. The van der Waals surface area contributed by atoms with E-state index in [1.54, 1.807) is 19.4 Å². The lowest BCUT2D eigenvalue weighted by Gasteiger charge is -2.26. The van der Waals surface area contributed by atoms with Crippen molar-refractivity contribution in [3.63, 3.8) is 0 Å². The van der Waals surface area contributed by atoms with Gasteiger partial charge in [0.2, 0.25) is 0 Å². The molecule has 2 aromatic rings. The van der Waals surface area contributed by atoms with E-state index in [-0.39, 0.29) is 12.1 Å². The van der Waals surface area contributed by atoms with Crippen molar-refractivity contribution in [3.8, 4) is 17.2 Å². The standard InChI is InChI=1S/C19H20N2O4/c1-23-16-7-3-2-6-14(16)10-11-20-19(22)21-12-15-13-24-17-8-4-5-9-18(17)25-15/h2-11,15H,12-13H2,1H3,(H2,20,21,22)/b11-10+. The Hall–Kier alpha value is -3.15. The number of carbonyl (C=O) groups is 1. The Morgan fingerprint density at radius 3 is 2.80 bits per heavy atom. The predicted octanol–water partition coefficient (Wildman–Crippen LogP) is 2.81. The minimum atomic E-state index is -0.311. The van der Waals surface area contributed by atoms with Gasteiger partial charge in [0.1, 0.15) is 12.4 Å². The van der Waals surface area contributed by atoms with Crippen LogP contribution < -0.4 is 24.8 Å². The molecular weight excluding hydrogens is 320 g/mol. The summed E-state index contributed by atoms with van der Waals surface area (Å²) in [6.45, 7) is 0.747. The number of rotatable bonds is 5. The normalized spacial score (nSPS) is 15.6. The van der Waals surface area contributed by atoms with E-state index in [0.29, 0.717) is 18.9 Å². The number of carbonyl (C=O) groups excluding carboxylic acids is 1. The fourth-order valence-corrected chi connectivity index (χ4v) is 2.43. The van der Waals surface area contributed by atoms with Gasteiger partial charge in [0.15, 0.2) is 17.6 Å². The van der Waals surface area contributed by atoms with Gasteiger partial charge in [0.25, 0.3) is 0 Å². The van der Waals surface area contributed by atoms with E-state index in [4.69, 9.17) is 14.2 Å². The Morgan fingerprint density at radius 1 is 1.20 bits per heavy atom. The first-order valence-electron chi connectivity index (χ1n) is 7.98. The molecule has 2 amide bonds. The summed E-state index contributed by atoms with van der Waals surface area (Å²) in [6.07, 6.45) is 3.12. The summed E-state index contributed by atoms with van der Waals surface area (Å²) in [5.74, 6) is 2.16.